The number of aryl methyl sites for hydroxylation is 1. The average Bonchev–Trinajstić information content (AvgIpc) is 2.68. The lowest BCUT2D eigenvalue weighted by molar-refractivity contribution is -0.121. The Hall–Kier alpha value is -2.45. The molecule has 1 amide bonds. The first kappa shape index (κ1) is 20.3. The molecule has 1 aliphatic carbocycles. The summed E-state index contributed by atoms with van der Waals surface area (Å²) in [5.74, 6) is 0.579. The molecule has 0 aliphatic heterocycles. The maximum Gasteiger partial charge on any atom is 0.263 e. The minimum Gasteiger partial charge on any atom is -0.330 e. The zero-order chi connectivity index (χ0) is 20.1. The molecule has 0 radical (unpaired) electrons. The third-order valence-electron chi connectivity index (χ3n) is 5.15. The maximum absolute atomic E-state index is 12.5. The summed E-state index contributed by atoms with van der Waals surface area (Å²) in [7, 11) is -3.74. The second kappa shape index (κ2) is 8.70. The number of nitrogens with one attached hydrogen (secondary N) is 2. The van der Waals surface area contributed by atoms with Gasteiger partial charge in [-0.05, 0) is 63.3 Å². The summed E-state index contributed by atoms with van der Waals surface area (Å²) in [6.07, 6.45) is 5.05. The Kier molecular flexibility index (Phi) is 6.31. The number of nitrogens with two attached hydrogens (primary N) is 1. The second-order valence-corrected chi connectivity index (χ2v) is 8.97. The van der Waals surface area contributed by atoms with Crippen molar-refractivity contribution in [2.75, 3.05) is 16.6 Å². The van der Waals surface area contributed by atoms with Gasteiger partial charge >= 0.3 is 0 Å². The molecule has 3 rings (SSSR count). The monoisotopic (exact) mass is 402 g/mol. The van der Waals surface area contributed by atoms with Crippen LogP contribution in [0.25, 0.3) is 0 Å². The number of amides is 1. The summed E-state index contributed by atoms with van der Waals surface area (Å²) in [5, 5.41) is 2.87. The van der Waals surface area contributed by atoms with Crippen LogP contribution in [0.5, 0.6) is 0 Å². The summed E-state index contributed by atoms with van der Waals surface area (Å²) in [4.78, 5) is 16.7. The predicted octanol–water partition coefficient (Wildman–Crippen LogP) is 2.89. The number of nitrogens with zero attached hydrogens (tertiary/aromatic N) is 1. The van der Waals surface area contributed by atoms with Crippen molar-refractivity contribution in [3.05, 3.63) is 48.2 Å². The Morgan fingerprint density at radius 1 is 1.14 bits per heavy atom. The molecular weight excluding hydrogens is 376 g/mol. The van der Waals surface area contributed by atoms with E-state index in [1.807, 2.05) is 6.92 Å². The Morgan fingerprint density at radius 2 is 1.82 bits per heavy atom. The molecule has 1 aromatic heterocycles. The number of pyridine rings is 1. The van der Waals surface area contributed by atoms with Gasteiger partial charge in [-0.3, -0.25) is 9.52 Å². The molecule has 1 fully saturated rings. The fourth-order valence-corrected chi connectivity index (χ4v) is 4.38. The summed E-state index contributed by atoms with van der Waals surface area (Å²) in [5.41, 5.74) is 7.19. The summed E-state index contributed by atoms with van der Waals surface area (Å²) in [6.45, 7) is 2.56. The first-order valence-corrected chi connectivity index (χ1v) is 10.9. The van der Waals surface area contributed by atoms with Crippen LogP contribution in [0.3, 0.4) is 0 Å². The molecule has 8 heteroatoms. The summed E-state index contributed by atoms with van der Waals surface area (Å²) < 4.78 is 27.5. The molecule has 1 heterocycles. The van der Waals surface area contributed by atoms with Crippen molar-refractivity contribution in [1.82, 2.24) is 4.98 Å². The summed E-state index contributed by atoms with van der Waals surface area (Å²) in [6, 6.07) is 9.72. The van der Waals surface area contributed by atoms with Crippen LogP contribution in [-0.4, -0.2) is 25.9 Å². The molecule has 1 aliphatic rings. The largest absolute Gasteiger partial charge is 0.330 e. The fraction of sp³-hybridized carbons (Fsp3) is 0.400. The number of sulfonamides is 1. The predicted molar refractivity (Wildman–Crippen MR) is 109 cm³/mol. The van der Waals surface area contributed by atoms with E-state index >= 15 is 0 Å². The molecule has 0 saturated heterocycles. The highest BCUT2D eigenvalue weighted by atomic mass is 32.2. The van der Waals surface area contributed by atoms with Crippen molar-refractivity contribution in [2.45, 2.75) is 37.5 Å². The molecule has 0 unspecified atom stereocenters. The Labute approximate surface area is 165 Å². The topological polar surface area (TPSA) is 114 Å². The van der Waals surface area contributed by atoms with E-state index in [9.17, 15) is 13.2 Å². The molecular formula is C20H26N4O3S. The van der Waals surface area contributed by atoms with Crippen molar-refractivity contribution >= 4 is 27.4 Å². The SMILES string of the molecule is Cc1ccc(S(=O)(=O)Nc2cc(NC(=O)C3CCC(CN)CC3)ccn2)cc1. The van der Waals surface area contributed by atoms with Crippen LogP contribution in [-0.2, 0) is 14.8 Å². The first-order chi connectivity index (χ1) is 13.4. The van der Waals surface area contributed by atoms with Gasteiger partial charge < -0.3 is 11.1 Å². The van der Waals surface area contributed by atoms with E-state index in [2.05, 4.69) is 15.0 Å². The van der Waals surface area contributed by atoms with Gasteiger partial charge in [-0.15, -0.1) is 0 Å². The second-order valence-electron chi connectivity index (χ2n) is 7.29. The smallest absolute Gasteiger partial charge is 0.263 e. The number of anilines is 2. The molecule has 1 saturated carbocycles. The zero-order valence-corrected chi connectivity index (χ0v) is 16.7. The number of carbonyl (C=O) groups excluding carboxylic acids is 1. The van der Waals surface area contributed by atoms with E-state index in [-0.39, 0.29) is 22.5 Å². The highest BCUT2D eigenvalue weighted by Gasteiger charge is 2.25. The lowest BCUT2D eigenvalue weighted by Gasteiger charge is -2.26. The Morgan fingerprint density at radius 3 is 2.46 bits per heavy atom. The summed E-state index contributed by atoms with van der Waals surface area (Å²) >= 11 is 0. The van der Waals surface area contributed by atoms with Gasteiger partial charge in [0.25, 0.3) is 10.0 Å². The van der Waals surface area contributed by atoms with Crippen LogP contribution in [0, 0.1) is 18.8 Å². The third-order valence-corrected chi connectivity index (χ3v) is 6.52. The van der Waals surface area contributed by atoms with E-state index in [4.69, 9.17) is 5.73 Å². The molecule has 0 spiro atoms. The molecule has 0 atom stereocenters. The third kappa shape index (κ3) is 5.08. The lowest BCUT2D eigenvalue weighted by Crippen LogP contribution is -2.29. The minimum atomic E-state index is -3.74. The fourth-order valence-electron chi connectivity index (χ4n) is 3.38. The van der Waals surface area contributed by atoms with Crippen LogP contribution >= 0.6 is 0 Å². The molecule has 7 nitrogen and oxygen atoms in total. The van der Waals surface area contributed by atoms with Crippen molar-refractivity contribution < 1.29 is 13.2 Å². The van der Waals surface area contributed by atoms with Crippen molar-refractivity contribution in [2.24, 2.45) is 17.6 Å². The van der Waals surface area contributed by atoms with Gasteiger partial charge in [-0.2, -0.15) is 0 Å². The average molecular weight is 403 g/mol. The molecule has 2 aromatic rings. The van der Waals surface area contributed by atoms with Gasteiger partial charge in [0.05, 0.1) is 4.90 Å². The van der Waals surface area contributed by atoms with E-state index in [1.165, 1.54) is 12.3 Å². The number of hydrogen-bond acceptors (Lipinski definition) is 5. The minimum absolute atomic E-state index is 0.0383. The van der Waals surface area contributed by atoms with Crippen LogP contribution in [0.4, 0.5) is 11.5 Å². The van der Waals surface area contributed by atoms with Crippen LogP contribution in [0.2, 0.25) is 0 Å². The highest BCUT2D eigenvalue weighted by molar-refractivity contribution is 7.92. The van der Waals surface area contributed by atoms with Gasteiger partial charge in [-0.25, -0.2) is 13.4 Å². The molecule has 28 heavy (non-hydrogen) atoms. The van der Waals surface area contributed by atoms with Crippen LogP contribution < -0.4 is 15.8 Å². The van der Waals surface area contributed by atoms with Gasteiger partial charge in [0.2, 0.25) is 5.91 Å². The van der Waals surface area contributed by atoms with Gasteiger partial charge in [0, 0.05) is 23.9 Å². The van der Waals surface area contributed by atoms with E-state index in [1.54, 1.807) is 30.3 Å². The standard InChI is InChI=1S/C20H26N4O3S/c1-14-2-8-18(9-3-14)28(26,27)24-19-12-17(10-11-22-19)23-20(25)16-6-4-15(13-21)5-7-16/h2-3,8-12,15-16H,4-7,13,21H2,1H3,(H2,22,23,24,25). The van der Waals surface area contributed by atoms with Gasteiger partial charge in [0.15, 0.2) is 0 Å². The molecule has 1 aromatic carbocycles. The quantitative estimate of drug-likeness (QED) is 0.687. The van der Waals surface area contributed by atoms with Crippen LogP contribution in [0.15, 0.2) is 47.5 Å². The molecule has 0 bridgehead atoms. The van der Waals surface area contributed by atoms with E-state index in [0.717, 1.165) is 31.2 Å². The van der Waals surface area contributed by atoms with Gasteiger partial charge in [0.1, 0.15) is 5.82 Å². The molecule has 150 valence electrons. The Balaban J connectivity index is 1.65. The first-order valence-electron chi connectivity index (χ1n) is 9.44. The number of benzene rings is 1. The van der Waals surface area contributed by atoms with E-state index < -0.39 is 10.0 Å². The number of rotatable bonds is 6. The molecule has 4 N–H and O–H groups in total. The highest BCUT2D eigenvalue weighted by Crippen LogP contribution is 2.29. The Bertz CT molecular complexity index is 921. The normalized spacial score (nSPS) is 19.8. The number of carbonyl (C=O) groups is 1. The van der Waals surface area contributed by atoms with Crippen molar-refractivity contribution in [3.63, 3.8) is 0 Å². The lowest BCUT2D eigenvalue weighted by atomic mass is 9.81. The number of aromatic nitrogens is 1. The maximum atomic E-state index is 12.5. The zero-order valence-electron chi connectivity index (χ0n) is 15.9. The van der Waals surface area contributed by atoms with Crippen LogP contribution in [0.1, 0.15) is 31.2 Å². The van der Waals surface area contributed by atoms with Gasteiger partial charge in [-0.1, -0.05) is 17.7 Å². The van der Waals surface area contributed by atoms with E-state index in [0.29, 0.717) is 18.2 Å². The van der Waals surface area contributed by atoms with Crippen molar-refractivity contribution in [3.8, 4) is 0 Å². The number of hydrogen-bond donors (Lipinski definition) is 3. The van der Waals surface area contributed by atoms with Crippen molar-refractivity contribution in [1.29, 1.82) is 0 Å².